The maximum absolute atomic E-state index is 9.11. The van der Waals surface area contributed by atoms with Gasteiger partial charge in [0.05, 0.1) is 12.7 Å². The number of imidazole rings is 1. The normalized spacial score (nSPS) is 33.4. The first kappa shape index (κ1) is 14.7. The van der Waals surface area contributed by atoms with Crippen molar-refractivity contribution >= 4 is 0 Å². The Kier molecular flexibility index (Phi) is 4.20. The van der Waals surface area contributed by atoms with E-state index in [1.165, 1.54) is 37.9 Å². The van der Waals surface area contributed by atoms with Crippen LogP contribution in [0.2, 0.25) is 0 Å². The fourth-order valence-electron chi connectivity index (χ4n) is 4.57. The molecule has 0 spiro atoms. The third-order valence-corrected chi connectivity index (χ3v) is 5.73. The molecule has 0 unspecified atom stereocenters. The van der Waals surface area contributed by atoms with Gasteiger partial charge in [-0.05, 0) is 25.7 Å². The van der Waals surface area contributed by atoms with E-state index in [4.69, 9.17) is 9.84 Å². The minimum absolute atomic E-state index is 0.206. The van der Waals surface area contributed by atoms with E-state index in [0.717, 1.165) is 26.1 Å². The van der Waals surface area contributed by atoms with E-state index in [0.29, 0.717) is 18.0 Å². The molecule has 1 N–H and O–H groups in total. The second-order valence-electron chi connectivity index (χ2n) is 7.14. The zero-order valence-corrected chi connectivity index (χ0v) is 13.2. The highest BCUT2D eigenvalue weighted by Crippen LogP contribution is 2.37. The van der Waals surface area contributed by atoms with Crippen LogP contribution in [0, 0.1) is 0 Å². The van der Waals surface area contributed by atoms with Crippen molar-refractivity contribution in [3.63, 3.8) is 0 Å². The highest BCUT2D eigenvalue weighted by molar-refractivity contribution is 5.07. The van der Waals surface area contributed by atoms with Gasteiger partial charge in [0, 0.05) is 50.1 Å². The number of fused-ring (bicyclic) bond motifs is 1. The number of aliphatic hydroxyl groups excluding tert-OH is 1. The second kappa shape index (κ2) is 6.30. The molecule has 5 heteroatoms. The zero-order valence-electron chi connectivity index (χ0n) is 13.2. The van der Waals surface area contributed by atoms with Crippen LogP contribution in [0.25, 0.3) is 0 Å². The number of rotatable bonds is 4. The molecule has 3 aliphatic rings. The molecule has 1 aromatic rings. The SMILES string of the molecule is OCC[C@H]1CN2C[C@@H](n3ccnc3C3CCCC3)C[C@H]2CO1. The Morgan fingerprint density at radius 1 is 1.23 bits per heavy atom. The van der Waals surface area contributed by atoms with Gasteiger partial charge in [0.15, 0.2) is 0 Å². The van der Waals surface area contributed by atoms with Crippen LogP contribution in [-0.2, 0) is 4.74 Å². The smallest absolute Gasteiger partial charge is 0.112 e. The quantitative estimate of drug-likeness (QED) is 0.923. The van der Waals surface area contributed by atoms with Crippen molar-refractivity contribution in [2.45, 2.75) is 62.6 Å². The van der Waals surface area contributed by atoms with Crippen LogP contribution in [0.3, 0.4) is 0 Å². The van der Waals surface area contributed by atoms with Gasteiger partial charge in [0.25, 0.3) is 0 Å². The standard InChI is InChI=1S/C17H27N3O2/c21-8-5-16-11-19-10-14(9-15(19)12-22-16)20-7-6-18-17(20)13-3-1-2-4-13/h6-7,13-16,21H,1-5,8-12H2/t14-,15-,16-/m0/s1. The molecule has 0 bridgehead atoms. The summed E-state index contributed by atoms with van der Waals surface area (Å²) in [6.45, 7) is 3.11. The molecule has 4 rings (SSSR count). The second-order valence-corrected chi connectivity index (χ2v) is 7.14. The third-order valence-electron chi connectivity index (χ3n) is 5.73. The molecule has 2 saturated heterocycles. The predicted molar refractivity (Wildman–Crippen MR) is 83.9 cm³/mol. The van der Waals surface area contributed by atoms with Crippen molar-refractivity contribution < 1.29 is 9.84 Å². The Morgan fingerprint density at radius 3 is 2.91 bits per heavy atom. The molecule has 3 heterocycles. The molecular formula is C17H27N3O2. The van der Waals surface area contributed by atoms with Crippen molar-refractivity contribution in [3.05, 3.63) is 18.2 Å². The van der Waals surface area contributed by atoms with Crippen LogP contribution in [0.15, 0.2) is 12.4 Å². The van der Waals surface area contributed by atoms with E-state index in [9.17, 15) is 0 Å². The van der Waals surface area contributed by atoms with Gasteiger partial charge in [-0.25, -0.2) is 4.98 Å². The highest BCUT2D eigenvalue weighted by atomic mass is 16.5. The van der Waals surface area contributed by atoms with E-state index in [2.05, 4.69) is 20.6 Å². The number of aromatic nitrogens is 2. The number of hydrogen-bond acceptors (Lipinski definition) is 4. The van der Waals surface area contributed by atoms with Crippen molar-refractivity contribution in [3.8, 4) is 0 Å². The lowest BCUT2D eigenvalue weighted by molar-refractivity contribution is -0.0567. The Balaban J connectivity index is 1.46. The summed E-state index contributed by atoms with van der Waals surface area (Å²) in [4.78, 5) is 7.25. The van der Waals surface area contributed by atoms with E-state index in [-0.39, 0.29) is 12.7 Å². The first-order valence-corrected chi connectivity index (χ1v) is 8.84. The van der Waals surface area contributed by atoms with E-state index >= 15 is 0 Å². The Bertz CT molecular complexity index is 498. The van der Waals surface area contributed by atoms with Gasteiger partial charge in [-0.3, -0.25) is 4.90 Å². The van der Waals surface area contributed by atoms with Gasteiger partial charge in [-0.1, -0.05) is 12.8 Å². The van der Waals surface area contributed by atoms with Crippen molar-refractivity contribution in [1.82, 2.24) is 14.5 Å². The zero-order chi connectivity index (χ0) is 14.9. The van der Waals surface area contributed by atoms with E-state index in [1.54, 1.807) is 0 Å². The molecule has 3 atom stereocenters. The number of nitrogens with zero attached hydrogens (tertiary/aromatic N) is 3. The van der Waals surface area contributed by atoms with Gasteiger partial charge in [-0.2, -0.15) is 0 Å². The highest BCUT2D eigenvalue weighted by Gasteiger charge is 2.38. The molecule has 0 amide bonds. The first-order chi connectivity index (χ1) is 10.8. The van der Waals surface area contributed by atoms with Gasteiger partial charge in [-0.15, -0.1) is 0 Å². The summed E-state index contributed by atoms with van der Waals surface area (Å²) in [5.74, 6) is 1.99. The summed E-state index contributed by atoms with van der Waals surface area (Å²) in [6, 6.07) is 1.08. The van der Waals surface area contributed by atoms with Crippen LogP contribution in [0.5, 0.6) is 0 Å². The topological polar surface area (TPSA) is 50.5 Å². The molecule has 0 aromatic carbocycles. The Morgan fingerprint density at radius 2 is 2.09 bits per heavy atom. The molecule has 0 radical (unpaired) electrons. The number of aliphatic hydroxyl groups is 1. The minimum atomic E-state index is 0.206. The molecule has 122 valence electrons. The average molecular weight is 305 g/mol. The van der Waals surface area contributed by atoms with Gasteiger partial charge < -0.3 is 14.4 Å². The number of ether oxygens (including phenoxy) is 1. The average Bonchev–Trinajstić information content (AvgIpc) is 3.25. The summed E-state index contributed by atoms with van der Waals surface area (Å²) in [5, 5.41) is 9.11. The Labute approximate surface area is 132 Å². The van der Waals surface area contributed by atoms with Gasteiger partial charge in [0.2, 0.25) is 0 Å². The largest absolute Gasteiger partial charge is 0.396 e. The predicted octanol–water partition coefficient (Wildman–Crippen LogP) is 1.94. The van der Waals surface area contributed by atoms with E-state index in [1.807, 2.05) is 6.20 Å². The molecular weight excluding hydrogens is 278 g/mol. The van der Waals surface area contributed by atoms with Crippen molar-refractivity contribution in [2.24, 2.45) is 0 Å². The lowest BCUT2D eigenvalue weighted by Gasteiger charge is -2.34. The molecule has 1 aromatic heterocycles. The van der Waals surface area contributed by atoms with Gasteiger partial charge >= 0.3 is 0 Å². The van der Waals surface area contributed by atoms with E-state index < -0.39 is 0 Å². The lowest BCUT2D eigenvalue weighted by Crippen LogP contribution is -2.46. The molecule has 1 aliphatic carbocycles. The third kappa shape index (κ3) is 2.70. The minimum Gasteiger partial charge on any atom is -0.396 e. The van der Waals surface area contributed by atoms with Crippen LogP contribution in [0.4, 0.5) is 0 Å². The lowest BCUT2D eigenvalue weighted by atomic mass is 10.1. The fraction of sp³-hybridized carbons (Fsp3) is 0.824. The molecule has 2 aliphatic heterocycles. The summed E-state index contributed by atoms with van der Waals surface area (Å²) >= 11 is 0. The van der Waals surface area contributed by atoms with Crippen LogP contribution in [0.1, 0.15) is 56.3 Å². The van der Waals surface area contributed by atoms with Crippen molar-refractivity contribution in [2.75, 3.05) is 26.3 Å². The summed E-state index contributed by atoms with van der Waals surface area (Å²) < 4.78 is 8.36. The maximum Gasteiger partial charge on any atom is 0.112 e. The maximum atomic E-state index is 9.11. The molecule has 3 fully saturated rings. The first-order valence-electron chi connectivity index (χ1n) is 8.84. The van der Waals surface area contributed by atoms with Gasteiger partial charge in [0.1, 0.15) is 5.82 Å². The van der Waals surface area contributed by atoms with Crippen LogP contribution >= 0.6 is 0 Å². The monoisotopic (exact) mass is 305 g/mol. The van der Waals surface area contributed by atoms with Crippen LogP contribution < -0.4 is 0 Å². The summed E-state index contributed by atoms with van der Waals surface area (Å²) in [7, 11) is 0. The molecule has 5 nitrogen and oxygen atoms in total. The summed E-state index contributed by atoms with van der Waals surface area (Å²) in [6.07, 6.45) is 11.6. The summed E-state index contributed by atoms with van der Waals surface area (Å²) in [5.41, 5.74) is 0. The molecule has 1 saturated carbocycles. The molecule has 22 heavy (non-hydrogen) atoms. The number of hydrogen-bond donors (Lipinski definition) is 1. The van der Waals surface area contributed by atoms with Crippen LogP contribution in [-0.4, -0.2) is 58.0 Å². The number of morpholine rings is 1. The Hall–Kier alpha value is -0.910. The fourth-order valence-corrected chi connectivity index (χ4v) is 4.57. The van der Waals surface area contributed by atoms with Crippen molar-refractivity contribution in [1.29, 1.82) is 0 Å².